The molecule has 0 bridgehead atoms. The number of rotatable bonds is 15. The molecule has 0 aliphatic rings. The van der Waals surface area contributed by atoms with Crippen LogP contribution in [0.1, 0.15) is 19.3 Å². The van der Waals surface area contributed by atoms with E-state index >= 15 is 0 Å². The van der Waals surface area contributed by atoms with Crippen LogP contribution in [0.5, 0.6) is 0 Å². The molecule has 0 unspecified atom stereocenters. The minimum atomic E-state index is -0.0869. The number of carbonyl (C=O) groups excluding carboxylic acids is 3. The molecule has 9 nitrogen and oxygen atoms in total. The van der Waals surface area contributed by atoms with Crippen molar-refractivity contribution in [3.8, 4) is 0 Å². The molecule has 0 saturated heterocycles. The quantitative estimate of drug-likeness (QED) is 0.0917. The van der Waals surface area contributed by atoms with E-state index in [1.807, 2.05) is 21.1 Å². The minimum absolute atomic E-state index is 0. The normalized spacial score (nSPS) is 8.09. The third-order valence-electron chi connectivity index (χ3n) is 3.46. The molecule has 0 atom stereocenters. The molecule has 0 spiro atoms. The SMILES string of the molecule is C=CC(=O)NCCC[NH2+]C.C=CC(=O)NCCC[NH2+]C.C=CC(=O)NCCC[NH2+]C.[Cl-].[Cl-].[Cl-]. The van der Waals surface area contributed by atoms with Crippen molar-refractivity contribution in [2.75, 3.05) is 60.4 Å². The summed E-state index contributed by atoms with van der Waals surface area (Å²) in [5.41, 5.74) is 0. The van der Waals surface area contributed by atoms with E-state index in [1.165, 1.54) is 18.2 Å². The molecule has 33 heavy (non-hydrogen) atoms. The average molecular weight is 536 g/mol. The van der Waals surface area contributed by atoms with E-state index in [0.29, 0.717) is 0 Å². The minimum Gasteiger partial charge on any atom is -1.00 e. The first-order valence-corrected chi connectivity index (χ1v) is 10.5. The first-order chi connectivity index (χ1) is 14.4. The van der Waals surface area contributed by atoms with Crippen LogP contribution >= 0.6 is 0 Å². The Balaban J connectivity index is -0.0000000792. The zero-order valence-electron chi connectivity index (χ0n) is 20.3. The summed E-state index contributed by atoms with van der Waals surface area (Å²) in [5, 5.41) is 14.3. The van der Waals surface area contributed by atoms with E-state index in [9.17, 15) is 14.4 Å². The van der Waals surface area contributed by atoms with Gasteiger partial charge in [0.15, 0.2) is 0 Å². The molecule has 0 saturated carbocycles. The summed E-state index contributed by atoms with van der Waals surface area (Å²) in [6.45, 7) is 15.4. The highest BCUT2D eigenvalue weighted by Gasteiger charge is 1.92. The zero-order chi connectivity index (χ0) is 23.5. The Bertz CT molecular complexity index is 418. The Kier molecular flexibility index (Phi) is 55.5. The largest absolute Gasteiger partial charge is 1.00 e. The summed E-state index contributed by atoms with van der Waals surface area (Å²) in [7, 11) is 6.03. The van der Waals surface area contributed by atoms with Gasteiger partial charge in [-0.05, 0) is 18.2 Å². The van der Waals surface area contributed by atoms with Gasteiger partial charge in [-0.15, -0.1) is 0 Å². The van der Waals surface area contributed by atoms with E-state index in [2.05, 4.69) is 51.6 Å². The molecule has 0 heterocycles. The maximum atomic E-state index is 10.5. The van der Waals surface area contributed by atoms with Gasteiger partial charge in [-0.3, -0.25) is 14.4 Å². The number of nitrogens with one attached hydrogen (secondary N) is 3. The smallest absolute Gasteiger partial charge is 0.243 e. The number of hydrogen-bond donors (Lipinski definition) is 6. The lowest BCUT2D eigenvalue weighted by atomic mass is 10.4. The zero-order valence-corrected chi connectivity index (χ0v) is 22.6. The Morgan fingerprint density at radius 1 is 0.576 bits per heavy atom. The third kappa shape index (κ3) is 48.9. The molecule has 0 fully saturated rings. The van der Waals surface area contributed by atoms with Crippen molar-refractivity contribution in [1.29, 1.82) is 0 Å². The maximum Gasteiger partial charge on any atom is 0.243 e. The van der Waals surface area contributed by atoms with Gasteiger partial charge in [0.25, 0.3) is 0 Å². The van der Waals surface area contributed by atoms with E-state index in [4.69, 9.17) is 0 Å². The fourth-order valence-electron chi connectivity index (χ4n) is 1.77. The van der Waals surface area contributed by atoms with Crippen molar-refractivity contribution >= 4 is 17.7 Å². The lowest BCUT2D eigenvalue weighted by molar-refractivity contribution is -0.627. The summed E-state index contributed by atoms with van der Waals surface area (Å²) in [6, 6.07) is 0. The van der Waals surface area contributed by atoms with Gasteiger partial charge in [-0.1, -0.05) is 19.7 Å². The molecule has 0 aliphatic carbocycles. The van der Waals surface area contributed by atoms with Gasteiger partial charge in [-0.2, -0.15) is 0 Å². The van der Waals surface area contributed by atoms with Gasteiger partial charge in [0.05, 0.1) is 40.8 Å². The van der Waals surface area contributed by atoms with Gasteiger partial charge in [-0.25, -0.2) is 0 Å². The van der Waals surface area contributed by atoms with Crippen LogP contribution < -0.4 is 69.1 Å². The molecule has 0 aliphatic heterocycles. The number of carbonyl (C=O) groups is 3. The molecule has 0 rings (SSSR count). The second-order valence-electron chi connectivity index (χ2n) is 6.14. The van der Waals surface area contributed by atoms with Crippen molar-refractivity contribution < 1.29 is 67.6 Å². The molecular formula is C21H45Cl3N6O3. The fraction of sp³-hybridized carbons (Fsp3) is 0.571. The van der Waals surface area contributed by atoms with Crippen molar-refractivity contribution in [3.05, 3.63) is 38.0 Å². The topological polar surface area (TPSA) is 137 Å². The van der Waals surface area contributed by atoms with Gasteiger partial charge >= 0.3 is 0 Å². The first kappa shape index (κ1) is 45.0. The average Bonchev–Trinajstić information content (AvgIpc) is 2.77. The van der Waals surface area contributed by atoms with Crippen LogP contribution in [0.15, 0.2) is 38.0 Å². The number of hydrogen-bond acceptors (Lipinski definition) is 3. The van der Waals surface area contributed by atoms with Crippen LogP contribution in [0.25, 0.3) is 0 Å². The van der Waals surface area contributed by atoms with Crippen LogP contribution in [0.4, 0.5) is 0 Å². The van der Waals surface area contributed by atoms with Crippen molar-refractivity contribution in [1.82, 2.24) is 16.0 Å². The van der Waals surface area contributed by atoms with Crippen LogP contribution in [-0.4, -0.2) is 78.1 Å². The highest BCUT2D eigenvalue weighted by molar-refractivity contribution is 5.87. The summed E-state index contributed by atoms with van der Waals surface area (Å²) >= 11 is 0. The number of halogens is 3. The van der Waals surface area contributed by atoms with E-state index in [0.717, 1.165) is 58.5 Å². The lowest BCUT2D eigenvalue weighted by Gasteiger charge is -1.98. The number of quaternary nitrogens is 3. The van der Waals surface area contributed by atoms with E-state index in [-0.39, 0.29) is 54.9 Å². The van der Waals surface area contributed by atoms with Crippen LogP contribution in [-0.2, 0) is 14.4 Å². The predicted molar refractivity (Wildman–Crippen MR) is 122 cm³/mol. The predicted octanol–water partition coefficient (Wildman–Crippen LogP) is -12.4. The van der Waals surface area contributed by atoms with Crippen LogP contribution in [0.3, 0.4) is 0 Å². The second kappa shape index (κ2) is 40.7. The number of amides is 3. The molecule has 12 heteroatoms. The molecule has 198 valence electrons. The molecule has 0 aromatic rings. The van der Waals surface area contributed by atoms with Gasteiger partial charge in [0, 0.05) is 38.9 Å². The third-order valence-corrected chi connectivity index (χ3v) is 3.46. The Labute approximate surface area is 218 Å². The summed E-state index contributed by atoms with van der Waals surface area (Å²) in [4.78, 5) is 31.6. The molecule has 9 N–H and O–H groups in total. The molecule has 0 aromatic heterocycles. The van der Waals surface area contributed by atoms with Crippen LogP contribution in [0, 0.1) is 0 Å². The van der Waals surface area contributed by atoms with Gasteiger partial charge in [0.2, 0.25) is 17.7 Å². The fourth-order valence-corrected chi connectivity index (χ4v) is 1.77. The molecular weight excluding hydrogens is 491 g/mol. The van der Waals surface area contributed by atoms with Crippen molar-refractivity contribution in [2.24, 2.45) is 0 Å². The van der Waals surface area contributed by atoms with Crippen LogP contribution in [0.2, 0.25) is 0 Å². The van der Waals surface area contributed by atoms with Crippen molar-refractivity contribution in [3.63, 3.8) is 0 Å². The van der Waals surface area contributed by atoms with E-state index in [1.54, 1.807) is 0 Å². The maximum absolute atomic E-state index is 10.5. The summed E-state index contributed by atoms with van der Waals surface area (Å²) in [6.07, 6.45) is 6.89. The highest BCUT2D eigenvalue weighted by atomic mass is 35.5. The number of nitrogens with two attached hydrogens (primary N) is 3. The van der Waals surface area contributed by atoms with Gasteiger partial charge in [0.1, 0.15) is 0 Å². The van der Waals surface area contributed by atoms with E-state index < -0.39 is 0 Å². The lowest BCUT2D eigenvalue weighted by Crippen LogP contribution is -3.00. The van der Waals surface area contributed by atoms with Crippen molar-refractivity contribution in [2.45, 2.75) is 19.3 Å². The second-order valence-corrected chi connectivity index (χ2v) is 6.14. The Morgan fingerprint density at radius 3 is 0.939 bits per heavy atom. The standard InChI is InChI=1S/3C7H14N2O.3ClH/c3*1-3-7(10)9-6-4-5-8-2;;;/h3*3,8H,1,4-6H2,2H3,(H,9,10);3*1H. The highest BCUT2D eigenvalue weighted by Crippen LogP contribution is 1.71. The molecule has 3 amide bonds. The van der Waals surface area contributed by atoms with Gasteiger partial charge < -0.3 is 69.1 Å². The summed E-state index contributed by atoms with van der Waals surface area (Å²) < 4.78 is 0. The molecule has 0 aromatic carbocycles. The Morgan fingerprint density at radius 2 is 0.788 bits per heavy atom. The Hall–Kier alpha value is -1.62. The first-order valence-electron chi connectivity index (χ1n) is 10.5. The summed E-state index contributed by atoms with van der Waals surface area (Å²) in [5.74, 6) is -0.261. The monoisotopic (exact) mass is 534 g/mol. The molecule has 0 radical (unpaired) electrons.